The first-order valence-corrected chi connectivity index (χ1v) is 5.30. The number of halogens is 2. The van der Waals surface area contributed by atoms with Gasteiger partial charge in [0.05, 0.1) is 5.69 Å². The van der Waals surface area contributed by atoms with Gasteiger partial charge in [-0.1, -0.05) is 20.3 Å². The molecule has 0 fully saturated rings. The molecule has 4 heteroatoms. The lowest BCUT2D eigenvalue weighted by Crippen LogP contribution is -2.20. The SMILES string of the molecule is CCCC(C)C(=O)Nc1cc(F)ccc1F. The van der Waals surface area contributed by atoms with Crippen LogP contribution in [0.4, 0.5) is 14.5 Å². The second-order valence-electron chi connectivity index (χ2n) is 3.80. The van der Waals surface area contributed by atoms with Crippen LogP contribution in [0.1, 0.15) is 26.7 Å². The Balaban J connectivity index is 2.72. The van der Waals surface area contributed by atoms with Crippen LogP contribution < -0.4 is 5.32 Å². The monoisotopic (exact) mass is 227 g/mol. The van der Waals surface area contributed by atoms with Crippen LogP contribution in [0.3, 0.4) is 0 Å². The summed E-state index contributed by atoms with van der Waals surface area (Å²) < 4.78 is 26.0. The average Bonchev–Trinajstić information content (AvgIpc) is 2.23. The molecule has 1 atom stereocenters. The fraction of sp³-hybridized carbons (Fsp3) is 0.417. The third-order valence-electron chi connectivity index (χ3n) is 2.36. The molecule has 0 heterocycles. The summed E-state index contributed by atoms with van der Waals surface area (Å²) >= 11 is 0. The Hall–Kier alpha value is -1.45. The summed E-state index contributed by atoms with van der Waals surface area (Å²) in [5, 5.41) is 2.38. The molecule has 0 spiro atoms. The first kappa shape index (κ1) is 12.6. The van der Waals surface area contributed by atoms with Crippen molar-refractivity contribution in [2.75, 3.05) is 5.32 Å². The topological polar surface area (TPSA) is 29.1 Å². The van der Waals surface area contributed by atoms with Crippen LogP contribution in [-0.4, -0.2) is 5.91 Å². The zero-order valence-electron chi connectivity index (χ0n) is 9.39. The van der Waals surface area contributed by atoms with E-state index in [1.54, 1.807) is 6.92 Å². The highest BCUT2D eigenvalue weighted by Crippen LogP contribution is 2.17. The highest BCUT2D eigenvalue weighted by molar-refractivity contribution is 5.92. The number of carbonyl (C=O) groups is 1. The van der Waals surface area contributed by atoms with Crippen molar-refractivity contribution in [3.8, 4) is 0 Å². The van der Waals surface area contributed by atoms with E-state index >= 15 is 0 Å². The zero-order chi connectivity index (χ0) is 12.1. The third-order valence-corrected chi connectivity index (χ3v) is 2.36. The van der Waals surface area contributed by atoms with E-state index in [0.717, 1.165) is 31.0 Å². The molecule has 0 aliphatic heterocycles. The van der Waals surface area contributed by atoms with Gasteiger partial charge in [-0.2, -0.15) is 0 Å². The van der Waals surface area contributed by atoms with E-state index in [9.17, 15) is 13.6 Å². The molecule has 0 saturated heterocycles. The summed E-state index contributed by atoms with van der Waals surface area (Å²) in [5.41, 5.74) is -0.104. The van der Waals surface area contributed by atoms with E-state index in [1.807, 2.05) is 6.92 Å². The van der Waals surface area contributed by atoms with Crippen molar-refractivity contribution < 1.29 is 13.6 Å². The maximum atomic E-state index is 13.2. The van der Waals surface area contributed by atoms with E-state index in [-0.39, 0.29) is 17.5 Å². The van der Waals surface area contributed by atoms with Crippen molar-refractivity contribution in [1.29, 1.82) is 0 Å². The molecule has 0 radical (unpaired) electrons. The molecule has 1 unspecified atom stereocenters. The second-order valence-corrected chi connectivity index (χ2v) is 3.80. The quantitative estimate of drug-likeness (QED) is 0.839. The number of benzene rings is 1. The molecule has 1 amide bonds. The minimum Gasteiger partial charge on any atom is -0.323 e. The smallest absolute Gasteiger partial charge is 0.227 e. The summed E-state index contributed by atoms with van der Waals surface area (Å²) in [6.45, 7) is 3.72. The molecule has 0 saturated carbocycles. The summed E-state index contributed by atoms with van der Waals surface area (Å²) in [6, 6.07) is 2.99. The van der Waals surface area contributed by atoms with Gasteiger partial charge >= 0.3 is 0 Å². The van der Waals surface area contributed by atoms with E-state index in [0.29, 0.717) is 0 Å². The fourth-order valence-electron chi connectivity index (χ4n) is 1.41. The van der Waals surface area contributed by atoms with Crippen molar-refractivity contribution >= 4 is 11.6 Å². The molecule has 1 rings (SSSR count). The number of anilines is 1. The summed E-state index contributed by atoms with van der Waals surface area (Å²) in [5.74, 6) is -1.68. The van der Waals surface area contributed by atoms with Crippen LogP contribution in [0, 0.1) is 17.6 Å². The van der Waals surface area contributed by atoms with Crippen LogP contribution in [-0.2, 0) is 4.79 Å². The molecular weight excluding hydrogens is 212 g/mol. The van der Waals surface area contributed by atoms with Crippen molar-refractivity contribution in [3.63, 3.8) is 0 Å². The van der Waals surface area contributed by atoms with Gasteiger partial charge in [-0.25, -0.2) is 8.78 Å². The number of carbonyl (C=O) groups excluding carboxylic acids is 1. The van der Waals surface area contributed by atoms with Gasteiger partial charge in [0.25, 0.3) is 0 Å². The maximum absolute atomic E-state index is 13.2. The van der Waals surface area contributed by atoms with Crippen LogP contribution >= 0.6 is 0 Å². The predicted octanol–water partition coefficient (Wildman–Crippen LogP) is 3.34. The second kappa shape index (κ2) is 5.58. The Morgan fingerprint density at radius 2 is 2.12 bits per heavy atom. The van der Waals surface area contributed by atoms with Gasteiger partial charge in [0.15, 0.2) is 0 Å². The summed E-state index contributed by atoms with van der Waals surface area (Å²) in [4.78, 5) is 11.6. The molecule has 88 valence electrons. The molecule has 1 aromatic carbocycles. The molecule has 0 aliphatic carbocycles. The van der Waals surface area contributed by atoms with Crippen molar-refractivity contribution in [2.24, 2.45) is 5.92 Å². The number of nitrogens with one attached hydrogen (secondary N) is 1. The highest BCUT2D eigenvalue weighted by atomic mass is 19.1. The number of hydrogen-bond donors (Lipinski definition) is 1. The van der Waals surface area contributed by atoms with Crippen LogP contribution in [0.2, 0.25) is 0 Å². The largest absolute Gasteiger partial charge is 0.323 e. The lowest BCUT2D eigenvalue weighted by Gasteiger charge is -2.11. The number of hydrogen-bond acceptors (Lipinski definition) is 1. The first-order chi connectivity index (χ1) is 7.54. The molecule has 16 heavy (non-hydrogen) atoms. The van der Waals surface area contributed by atoms with E-state index < -0.39 is 11.6 Å². The number of amides is 1. The minimum atomic E-state index is -0.626. The summed E-state index contributed by atoms with van der Waals surface area (Å²) in [6.07, 6.45) is 1.60. The Morgan fingerprint density at radius 1 is 1.44 bits per heavy atom. The van der Waals surface area contributed by atoms with E-state index in [1.165, 1.54) is 0 Å². The lowest BCUT2D eigenvalue weighted by atomic mass is 10.1. The Morgan fingerprint density at radius 3 is 2.75 bits per heavy atom. The molecular formula is C12H15F2NO. The van der Waals surface area contributed by atoms with Crippen molar-refractivity contribution in [1.82, 2.24) is 0 Å². The van der Waals surface area contributed by atoms with Gasteiger partial charge in [0.1, 0.15) is 11.6 Å². The Labute approximate surface area is 93.7 Å². The molecule has 0 aromatic heterocycles. The van der Waals surface area contributed by atoms with E-state index in [2.05, 4.69) is 5.32 Å². The van der Waals surface area contributed by atoms with Gasteiger partial charge in [0, 0.05) is 12.0 Å². The lowest BCUT2D eigenvalue weighted by molar-refractivity contribution is -0.119. The molecule has 0 aliphatic rings. The first-order valence-electron chi connectivity index (χ1n) is 5.30. The van der Waals surface area contributed by atoms with Gasteiger partial charge in [-0.05, 0) is 18.6 Å². The van der Waals surface area contributed by atoms with Crippen LogP contribution in [0.25, 0.3) is 0 Å². The van der Waals surface area contributed by atoms with Gasteiger partial charge in [-0.3, -0.25) is 4.79 Å². The van der Waals surface area contributed by atoms with Gasteiger partial charge in [-0.15, -0.1) is 0 Å². The standard InChI is InChI=1S/C12H15F2NO/c1-3-4-8(2)12(16)15-11-7-9(13)5-6-10(11)14/h5-8H,3-4H2,1-2H3,(H,15,16). The third kappa shape index (κ3) is 3.29. The fourth-order valence-corrected chi connectivity index (χ4v) is 1.41. The van der Waals surface area contributed by atoms with Crippen molar-refractivity contribution in [2.45, 2.75) is 26.7 Å². The van der Waals surface area contributed by atoms with Crippen molar-refractivity contribution in [3.05, 3.63) is 29.8 Å². The predicted molar refractivity (Wildman–Crippen MR) is 59.1 cm³/mol. The normalized spacial score (nSPS) is 12.2. The zero-order valence-corrected chi connectivity index (χ0v) is 9.39. The molecule has 0 bridgehead atoms. The Kier molecular flexibility index (Phi) is 4.40. The van der Waals surface area contributed by atoms with E-state index in [4.69, 9.17) is 0 Å². The number of rotatable bonds is 4. The molecule has 1 N–H and O–H groups in total. The van der Waals surface area contributed by atoms with Crippen LogP contribution in [0.15, 0.2) is 18.2 Å². The van der Waals surface area contributed by atoms with Gasteiger partial charge < -0.3 is 5.32 Å². The van der Waals surface area contributed by atoms with Gasteiger partial charge in [0.2, 0.25) is 5.91 Å². The molecule has 1 aromatic rings. The highest BCUT2D eigenvalue weighted by Gasteiger charge is 2.14. The average molecular weight is 227 g/mol. The Bertz CT molecular complexity index is 379. The minimum absolute atomic E-state index is 0.104. The summed E-state index contributed by atoms with van der Waals surface area (Å²) in [7, 11) is 0. The molecule has 2 nitrogen and oxygen atoms in total. The van der Waals surface area contributed by atoms with Crippen LogP contribution in [0.5, 0.6) is 0 Å². The maximum Gasteiger partial charge on any atom is 0.227 e.